The molecule has 18 heavy (non-hydrogen) atoms. The summed E-state index contributed by atoms with van der Waals surface area (Å²) in [4.78, 5) is 11.9. The molecule has 0 heterocycles. The molecule has 0 unspecified atom stereocenters. The number of carbonyl (C=O) groups excluding carboxylic acids is 1. The van der Waals surface area contributed by atoms with Gasteiger partial charge in [-0.25, -0.2) is 0 Å². The molecule has 1 amide bonds. The molecule has 0 fully saturated rings. The molecule has 0 radical (unpaired) electrons. The van der Waals surface area contributed by atoms with Crippen molar-refractivity contribution in [3.8, 4) is 0 Å². The van der Waals surface area contributed by atoms with Crippen LogP contribution in [0.4, 0.5) is 0 Å². The molecule has 0 bridgehead atoms. The largest absolute Gasteiger partial charge is 0.350 e. The molecule has 0 aliphatic carbocycles. The molecule has 1 rings (SSSR count). The van der Waals surface area contributed by atoms with E-state index in [1.165, 1.54) is 12.8 Å². The summed E-state index contributed by atoms with van der Waals surface area (Å²) < 4.78 is 0. The number of unbranched alkanes of at least 4 members (excludes halogenated alkanes) is 2. The van der Waals surface area contributed by atoms with Crippen molar-refractivity contribution in [1.29, 1.82) is 0 Å². The van der Waals surface area contributed by atoms with Gasteiger partial charge in [0, 0.05) is 11.6 Å². The van der Waals surface area contributed by atoms with E-state index in [-0.39, 0.29) is 11.9 Å². The zero-order chi connectivity index (χ0) is 13.5. The Labute approximate surface area is 119 Å². The summed E-state index contributed by atoms with van der Waals surface area (Å²) >= 11 is 11.7. The fraction of sp³-hybridized carbons (Fsp3) is 0.500. The van der Waals surface area contributed by atoms with E-state index in [2.05, 4.69) is 12.2 Å². The summed E-state index contributed by atoms with van der Waals surface area (Å²) in [6.07, 6.45) is 4.53. The molecule has 0 spiro atoms. The molecule has 4 heteroatoms. The molecule has 0 aliphatic heterocycles. The van der Waals surface area contributed by atoms with Crippen molar-refractivity contribution < 1.29 is 4.79 Å². The van der Waals surface area contributed by atoms with Crippen molar-refractivity contribution in [3.63, 3.8) is 0 Å². The number of carbonyl (C=O) groups is 1. The van der Waals surface area contributed by atoms with E-state index in [1.807, 2.05) is 6.92 Å². The molecule has 1 atom stereocenters. The highest BCUT2D eigenvalue weighted by Crippen LogP contribution is 2.22. The zero-order valence-electron chi connectivity index (χ0n) is 10.8. The van der Waals surface area contributed by atoms with E-state index in [1.54, 1.807) is 18.2 Å². The molecule has 1 aromatic rings. The molecule has 0 aliphatic rings. The summed E-state index contributed by atoms with van der Waals surface area (Å²) in [6, 6.07) is 5.10. The average Bonchev–Trinajstić information content (AvgIpc) is 2.33. The average molecular weight is 288 g/mol. The van der Waals surface area contributed by atoms with Gasteiger partial charge in [-0.1, -0.05) is 49.4 Å². The lowest BCUT2D eigenvalue weighted by atomic mass is 10.1. The first-order chi connectivity index (χ1) is 8.54. The number of amides is 1. The molecule has 2 nitrogen and oxygen atoms in total. The summed E-state index contributed by atoms with van der Waals surface area (Å²) in [5, 5.41) is 3.83. The first-order valence-electron chi connectivity index (χ1n) is 6.30. The molecule has 1 N–H and O–H groups in total. The Morgan fingerprint density at radius 1 is 1.28 bits per heavy atom. The summed E-state index contributed by atoms with van der Waals surface area (Å²) in [5.74, 6) is -0.0995. The number of benzene rings is 1. The Kier molecular flexibility index (Phi) is 6.51. The van der Waals surface area contributed by atoms with Crippen LogP contribution >= 0.6 is 23.2 Å². The minimum absolute atomic E-state index is 0.0995. The first-order valence-corrected chi connectivity index (χ1v) is 7.06. The molecule has 1 aromatic carbocycles. The topological polar surface area (TPSA) is 29.1 Å². The lowest BCUT2D eigenvalue weighted by Crippen LogP contribution is -2.32. The number of hydrogen-bond acceptors (Lipinski definition) is 1. The summed E-state index contributed by atoms with van der Waals surface area (Å²) in [5.41, 5.74) is 0.548. The first kappa shape index (κ1) is 15.3. The number of nitrogens with one attached hydrogen (secondary N) is 1. The Morgan fingerprint density at radius 3 is 2.61 bits per heavy atom. The van der Waals surface area contributed by atoms with Gasteiger partial charge < -0.3 is 5.32 Å². The van der Waals surface area contributed by atoms with Crippen LogP contribution < -0.4 is 5.32 Å². The second-order valence-corrected chi connectivity index (χ2v) is 5.31. The number of rotatable bonds is 6. The van der Waals surface area contributed by atoms with Gasteiger partial charge in [0.25, 0.3) is 5.91 Å². The van der Waals surface area contributed by atoms with E-state index in [0.29, 0.717) is 15.6 Å². The van der Waals surface area contributed by atoms with Crippen molar-refractivity contribution in [1.82, 2.24) is 5.32 Å². The van der Waals surface area contributed by atoms with Gasteiger partial charge in [0.2, 0.25) is 0 Å². The van der Waals surface area contributed by atoms with Crippen LogP contribution in [-0.4, -0.2) is 11.9 Å². The Bertz CT molecular complexity index is 407. The minimum atomic E-state index is -0.0995. The highest BCUT2D eigenvalue weighted by atomic mass is 35.5. The monoisotopic (exact) mass is 287 g/mol. The Balaban J connectivity index is 2.51. The third-order valence-corrected chi connectivity index (χ3v) is 3.54. The van der Waals surface area contributed by atoms with Crippen molar-refractivity contribution >= 4 is 29.1 Å². The maximum absolute atomic E-state index is 11.9. The van der Waals surface area contributed by atoms with Crippen LogP contribution in [0.2, 0.25) is 10.0 Å². The van der Waals surface area contributed by atoms with Gasteiger partial charge in [-0.2, -0.15) is 0 Å². The van der Waals surface area contributed by atoms with Crippen molar-refractivity contribution in [3.05, 3.63) is 33.8 Å². The molecule has 0 saturated carbocycles. The van der Waals surface area contributed by atoms with E-state index < -0.39 is 0 Å². The summed E-state index contributed by atoms with van der Waals surface area (Å²) in [6.45, 7) is 4.18. The third kappa shape index (κ3) is 4.87. The zero-order valence-corrected chi connectivity index (χ0v) is 12.3. The second-order valence-electron chi connectivity index (χ2n) is 4.50. The van der Waals surface area contributed by atoms with E-state index >= 15 is 0 Å². The summed E-state index contributed by atoms with van der Waals surface area (Å²) in [7, 11) is 0. The van der Waals surface area contributed by atoms with E-state index in [4.69, 9.17) is 23.2 Å². The van der Waals surface area contributed by atoms with Gasteiger partial charge in [-0.05, 0) is 31.5 Å². The predicted octanol–water partition coefficient (Wildman–Crippen LogP) is 4.69. The lowest BCUT2D eigenvalue weighted by molar-refractivity contribution is 0.0938. The highest BCUT2D eigenvalue weighted by molar-refractivity contribution is 6.42. The molecule has 0 saturated heterocycles. The number of halogens is 2. The van der Waals surface area contributed by atoms with Crippen LogP contribution in [0.3, 0.4) is 0 Å². The van der Waals surface area contributed by atoms with Crippen LogP contribution in [-0.2, 0) is 0 Å². The number of hydrogen-bond donors (Lipinski definition) is 1. The van der Waals surface area contributed by atoms with Gasteiger partial charge in [0.15, 0.2) is 0 Å². The third-order valence-electron chi connectivity index (χ3n) is 2.80. The smallest absolute Gasteiger partial charge is 0.251 e. The molecular weight excluding hydrogens is 269 g/mol. The van der Waals surface area contributed by atoms with Gasteiger partial charge in [-0.15, -0.1) is 0 Å². The maximum Gasteiger partial charge on any atom is 0.251 e. The standard InChI is InChI=1S/C14H19Cl2NO/c1-3-4-5-6-10(2)17-14(18)11-7-8-12(15)13(16)9-11/h7-10H,3-6H2,1-2H3,(H,17,18)/t10-/m1/s1. The highest BCUT2D eigenvalue weighted by Gasteiger charge is 2.10. The Morgan fingerprint density at radius 2 is 2.00 bits per heavy atom. The van der Waals surface area contributed by atoms with Gasteiger partial charge >= 0.3 is 0 Å². The predicted molar refractivity (Wildman–Crippen MR) is 77.5 cm³/mol. The van der Waals surface area contributed by atoms with Crippen LogP contribution in [0.25, 0.3) is 0 Å². The van der Waals surface area contributed by atoms with Gasteiger partial charge in [-0.3, -0.25) is 4.79 Å². The lowest BCUT2D eigenvalue weighted by Gasteiger charge is -2.13. The van der Waals surface area contributed by atoms with Gasteiger partial charge in [0.1, 0.15) is 0 Å². The second kappa shape index (κ2) is 7.65. The van der Waals surface area contributed by atoms with Crippen molar-refractivity contribution in [2.45, 2.75) is 45.6 Å². The van der Waals surface area contributed by atoms with Crippen molar-refractivity contribution in [2.24, 2.45) is 0 Å². The minimum Gasteiger partial charge on any atom is -0.350 e. The molecular formula is C14H19Cl2NO. The fourth-order valence-corrected chi connectivity index (χ4v) is 2.02. The van der Waals surface area contributed by atoms with Crippen LogP contribution in [0.5, 0.6) is 0 Å². The van der Waals surface area contributed by atoms with E-state index in [9.17, 15) is 4.79 Å². The Hall–Kier alpha value is -0.730. The molecule has 100 valence electrons. The van der Waals surface area contributed by atoms with Crippen LogP contribution in [0, 0.1) is 0 Å². The van der Waals surface area contributed by atoms with Crippen LogP contribution in [0.15, 0.2) is 18.2 Å². The molecule has 0 aromatic heterocycles. The SMILES string of the molecule is CCCCC[C@@H](C)NC(=O)c1ccc(Cl)c(Cl)c1. The normalized spacial score (nSPS) is 12.2. The van der Waals surface area contributed by atoms with Crippen LogP contribution in [0.1, 0.15) is 49.9 Å². The van der Waals surface area contributed by atoms with Gasteiger partial charge in [0.05, 0.1) is 10.0 Å². The van der Waals surface area contributed by atoms with E-state index in [0.717, 1.165) is 12.8 Å². The maximum atomic E-state index is 11.9. The van der Waals surface area contributed by atoms with Crippen molar-refractivity contribution in [2.75, 3.05) is 0 Å². The quantitative estimate of drug-likeness (QED) is 0.756. The fourth-order valence-electron chi connectivity index (χ4n) is 1.72.